The molecule has 0 heterocycles. The molecule has 0 atom stereocenters. The molecular formula is C10H27InSi3. The molecule has 0 fully saturated rings. The Labute approximate surface area is 109 Å². The Morgan fingerprint density at radius 3 is 0.714 bits per heavy atom. The molecule has 0 rings (SSSR count). The van der Waals surface area contributed by atoms with E-state index in [0.29, 0.717) is 0 Å². The van der Waals surface area contributed by atoms with Gasteiger partial charge >= 0.3 is 110 Å². The predicted octanol–water partition coefficient (Wildman–Crippen LogP) is 3.95. The first-order chi connectivity index (χ1) is 5.75. The van der Waals surface area contributed by atoms with E-state index >= 15 is 0 Å². The molecule has 4 heteroatoms. The van der Waals surface area contributed by atoms with Gasteiger partial charge in [0, 0.05) is 0 Å². The van der Waals surface area contributed by atoms with Crippen LogP contribution >= 0.6 is 0 Å². The fourth-order valence-corrected chi connectivity index (χ4v) is 30.4. The van der Waals surface area contributed by atoms with Gasteiger partial charge in [-0.2, -0.15) is 0 Å². The van der Waals surface area contributed by atoms with E-state index < -0.39 is 24.2 Å². The molecule has 0 bridgehead atoms. The minimum absolute atomic E-state index is 0.859. The van der Waals surface area contributed by atoms with E-state index in [4.69, 9.17) is 0 Å². The van der Waals surface area contributed by atoms with Crippen molar-refractivity contribution < 1.29 is 0 Å². The van der Waals surface area contributed by atoms with Crippen LogP contribution in [0.5, 0.6) is 0 Å². The minimum atomic E-state index is -1.00. The van der Waals surface area contributed by atoms with Crippen LogP contribution in [0.3, 0.4) is 0 Å². The van der Waals surface area contributed by atoms with Crippen LogP contribution < -0.4 is 0 Å². The molecule has 0 aromatic carbocycles. The average molecular weight is 346 g/mol. The van der Waals surface area contributed by atoms with Crippen LogP contribution in [0.15, 0.2) is 0 Å². The fraction of sp³-hybridized carbons (Fsp3) is 1.00. The van der Waals surface area contributed by atoms with Crippen LogP contribution in [0.2, 0.25) is 61.0 Å². The van der Waals surface area contributed by atoms with E-state index in [2.05, 4.69) is 58.9 Å². The molecule has 0 amide bonds. The zero-order chi connectivity index (χ0) is 12.0. The second kappa shape index (κ2) is 4.08. The van der Waals surface area contributed by atoms with E-state index in [1.165, 1.54) is 24.4 Å². The molecule has 0 unspecified atom stereocenters. The predicted molar refractivity (Wildman–Crippen MR) is 78.5 cm³/mol. The molecule has 0 N–H and O–H groups in total. The van der Waals surface area contributed by atoms with Gasteiger partial charge in [-0.25, -0.2) is 0 Å². The summed E-state index contributed by atoms with van der Waals surface area (Å²) in [5.41, 5.74) is 0. The summed E-state index contributed by atoms with van der Waals surface area (Å²) in [6.07, 6.45) is 0. The van der Waals surface area contributed by atoms with Gasteiger partial charge in [0.05, 0.1) is 0 Å². The van der Waals surface area contributed by atoms with Crippen molar-refractivity contribution in [3.8, 4) is 0 Å². The average Bonchev–Trinajstić information content (AvgIpc) is 1.77. The Kier molecular flexibility index (Phi) is 4.52. The van der Waals surface area contributed by atoms with Crippen molar-refractivity contribution in [1.29, 1.82) is 0 Å². The van der Waals surface area contributed by atoms with Crippen LogP contribution in [-0.4, -0.2) is 48.6 Å². The van der Waals surface area contributed by atoms with Crippen LogP contribution in [0.25, 0.3) is 0 Å². The van der Waals surface area contributed by atoms with Gasteiger partial charge in [0.25, 0.3) is 0 Å². The molecule has 0 aliphatic rings. The first-order valence-electron chi connectivity index (χ1n) is 5.54. The topological polar surface area (TPSA) is 0 Å². The molecule has 0 nitrogen and oxygen atoms in total. The van der Waals surface area contributed by atoms with Crippen molar-refractivity contribution >= 4 is 48.6 Å². The van der Waals surface area contributed by atoms with Gasteiger partial charge in [0.1, 0.15) is 0 Å². The Morgan fingerprint density at radius 2 is 0.714 bits per heavy atom. The van der Waals surface area contributed by atoms with Gasteiger partial charge < -0.3 is 0 Å². The quantitative estimate of drug-likeness (QED) is 0.679. The first-order valence-corrected chi connectivity index (χ1v) is 17.7. The summed E-state index contributed by atoms with van der Waals surface area (Å²) in [5, 5.41) is 0. The molecule has 2 radical (unpaired) electrons. The number of hydrogen-bond acceptors (Lipinski definition) is 0. The van der Waals surface area contributed by atoms with E-state index in [-0.39, 0.29) is 0 Å². The first kappa shape index (κ1) is 15.5. The summed E-state index contributed by atoms with van der Waals surface area (Å²) in [6.45, 7) is 23.4. The third-order valence-electron chi connectivity index (χ3n) is 3.55. The van der Waals surface area contributed by atoms with Crippen molar-refractivity contribution in [2.45, 2.75) is 61.0 Å². The molecule has 0 aliphatic heterocycles. The van der Waals surface area contributed by atoms with Crippen LogP contribution in [0.1, 0.15) is 0 Å². The zero-order valence-electron chi connectivity index (χ0n) is 11.6. The monoisotopic (exact) mass is 346 g/mol. The SMILES string of the molecule is C[Si](C)(C)[C]([In])([Si](C)(C)C)[Si](C)(C)C. The van der Waals surface area contributed by atoms with Crippen molar-refractivity contribution in [3.05, 3.63) is 0 Å². The Morgan fingerprint density at radius 1 is 0.571 bits per heavy atom. The summed E-state index contributed by atoms with van der Waals surface area (Å²) in [6, 6.07) is 0. The molecule has 0 saturated heterocycles. The number of hydrogen-bond donors (Lipinski definition) is 0. The fourth-order valence-electron chi connectivity index (χ4n) is 3.38. The Hall–Kier alpha value is 1.52. The summed E-state index contributed by atoms with van der Waals surface area (Å²) in [4.78, 5) is 0. The normalized spacial score (nSPS) is 15.8. The van der Waals surface area contributed by atoms with E-state index in [9.17, 15) is 0 Å². The third-order valence-corrected chi connectivity index (χ3v) is 46.4. The summed E-state index contributed by atoms with van der Waals surface area (Å²) in [7, 11) is -3.00. The molecule has 0 aliphatic carbocycles. The van der Waals surface area contributed by atoms with Crippen molar-refractivity contribution in [2.75, 3.05) is 0 Å². The van der Waals surface area contributed by atoms with E-state index in [0.717, 1.165) is 2.04 Å². The van der Waals surface area contributed by atoms with Gasteiger partial charge in [-0.15, -0.1) is 0 Å². The van der Waals surface area contributed by atoms with E-state index in [1.807, 2.05) is 0 Å². The Bertz CT molecular complexity index is 169. The van der Waals surface area contributed by atoms with Crippen LogP contribution in [-0.2, 0) is 0 Å². The molecule has 14 heavy (non-hydrogen) atoms. The molecule has 0 spiro atoms. The van der Waals surface area contributed by atoms with Gasteiger partial charge in [-0.3, -0.25) is 0 Å². The van der Waals surface area contributed by atoms with Crippen molar-refractivity contribution in [3.63, 3.8) is 0 Å². The van der Waals surface area contributed by atoms with Crippen molar-refractivity contribution in [1.82, 2.24) is 0 Å². The summed E-state index contributed by atoms with van der Waals surface area (Å²) >= 11 is 1.51. The van der Waals surface area contributed by atoms with Crippen LogP contribution in [0, 0.1) is 0 Å². The Balaban J connectivity index is 5.54. The zero-order valence-corrected chi connectivity index (χ0v) is 17.9. The van der Waals surface area contributed by atoms with E-state index in [1.54, 1.807) is 0 Å². The molecule has 82 valence electrons. The second-order valence-electron chi connectivity index (χ2n) is 7.56. The maximum atomic E-state index is 2.61. The molecule has 0 saturated carbocycles. The van der Waals surface area contributed by atoms with Gasteiger partial charge in [0.2, 0.25) is 0 Å². The second-order valence-corrected chi connectivity index (χ2v) is 32.3. The molecule has 0 aromatic heterocycles. The van der Waals surface area contributed by atoms with Crippen molar-refractivity contribution in [2.24, 2.45) is 0 Å². The molecular weight excluding hydrogens is 319 g/mol. The summed E-state index contributed by atoms with van der Waals surface area (Å²) < 4.78 is 0.859. The third kappa shape index (κ3) is 2.61. The standard InChI is InChI=1S/C10H27Si3.In/c1-11(2,3)10(12(4,5)6)13(7,8)9;/h1-9H3;. The summed E-state index contributed by atoms with van der Waals surface area (Å²) in [5.74, 6) is 0. The van der Waals surface area contributed by atoms with Gasteiger partial charge in [0.15, 0.2) is 0 Å². The molecule has 0 aromatic rings. The van der Waals surface area contributed by atoms with Gasteiger partial charge in [-0.1, -0.05) is 0 Å². The van der Waals surface area contributed by atoms with Crippen LogP contribution in [0.4, 0.5) is 0 Å². The number of rotatable bonds is 3. The van der Waals surface area contributed by atoms with Gasteiger partial charge in [-0.05, 0) is 0 Å². The maximum absolute atomic E-state index is 2.61.